The normalized spacial score (nSPS) is 16.7. The van der Waals surface area contributed by atoms with Gasteiger partial charge in [-0.3, -0.25) is 0 Å². The van der Waals surface area contributed by atoms with E-state index in [2.05, 4.69) is 60.2 Å². The van der Waals surface area contributed by atoms with Crippen molar-refractivity contribution in [1.82, 2.24) is 0 Å². The highest BCUT2D eigenvalue weighted by atomic mass is 16.6. The molecule has 0 bridgehead atoms. The first-order valence-electron chi connectivity index (χ1n) is 6.14. The standard InChI is InChI=1S/C13H12.C3H6O2/c1-11-7-9-13(10-8-11)12-5-3-2-4-6-12;4-1-3-2-5-3/h2-10H,1H3;3-4H,1-2H2. The summed E-state index contributed by atoms with van der Waals surface area (Å²) in [6.45, 7) is 3.06. The van der Waals surface area contributed by atoms with Crippen LogP contribution in [-0.2, 0) is 4.74 Å². The fraction of sp³-hybridized carbons (Fsp3) is 0.250. The predicted molar refractivity (Wildman–Crippen MR) is 73.4 cm³/mol. The molecule has 3 rings (SSSR count). The van der Waals surface area contributed by atoms with E-state index in [0.717, 1.165) is 6.61 Å². The summed E-state index contributed by atoms with van der Waals surface area (Å²) in [5.74, 6) is 0. The minimum atomic E-state index is 0.190. The average molecular weight is 242 g/mol. The molecule has 0 amide bonds. The minimum absolute atomic E-state index is 0.190. The number of ether oxygens (including phenoxy) is 1. The fourth-order valence-electron chi connectivity index (χ4n) is 1.55. The molecule has 2 aromatic carbocycles. The van der Waals surface area contributed by atoms with Crippen molar-refractivity contribution in [3.63, 3.8) is 0 Å². The Bertz CT molecular complexity index is 458. The highest BCUT2D eigenvalue weighted by Gasteiger charge is 2.19. The van der Waals surface area contributed by atoms with Crippen molar-refractivity contribution in [1.29, 1.82) is 0 Å². The molecule has 94 valence electrons. The molecule has 1 N–H and O–H groups in total. The molecule has 2 nitrogen and oxygen atoms in total. The average Bonchev–Trinajstić information content (AvgIpc) is 3.25. The largest absolute Gasteiger partial charge is 0.394 e. The molecule has 2 heteroatoms. The van der Waals surface area contributed by atoms with Gasteiger partial charge in [0.25, 0.3) is 0 Å². The van der Waals surface area contributed by atoms with Gasteiger partial charge in [-0.25, -0.2) is 0 Å². The van der Waals surface area contributed by atoms with Crippen LogP contribution in [0.25, 0.3) is 11.1 Å². The van der Waals surface area contributed by atoms with E-state index in [4.69, 9.17) is 5.11 Å². The van der Waals surface area contributed by atoms with Crippen LogP contribution in [0.2, 0.25) is 0 Å². The molecule has 1 fully saturated rings. The van der Waals surface area contributed by atoms with Gasteiger partial charge in [0.1, 0.15) is 6.10 Å². The van der Waals surface area contributed by atoms with Gasteiger partial charge in [-0.2, -0.15) is 0 Å². The SMILES string of the molecule is Cc1ccc(-c2ccccc2)cc1.OCC1CO1. The first-order valence-corrected chi connectivity index (χ1v) is 6.14. The van der Waals surface area contributed by atoms with Gasteiger partial charge in [-0.05, 0) is 18.1 Å². The molecule has 1 heterocycles. The summed E-state index contributed by atoms with van der Waals surface area (Å²) >= 11 is 0. The van der Waals surface area contributed by atoms with Crippen LogP contribution in [0.1, 0.15) is 5.56 Å². The molecular formula is C16H18O2. The molecule has 2 aromatic rings. The van der Waals surface area contributed by atoms with E-state index in [1.54, 1.807) is 0 Å². The summed E-state index contributed by atoms with van der Waals surface area (Å²) in [5, 5.41) is 8.08. The number of aliphatic hydroxyl groups excluding tert-OH is 1. The second kappa shape index (κ2) is 6.34. The first kappa shape index (κ1) is 12.8. The Labute approximate surface area is 108 Å². The molecule has 0 saturated carbocycles. The fourth-order valence-corrected chi connectivity index (χ4v) is 1.55. The zero-order chi connectivity index (χ0) is 12.8. The van der Waals surface area contributed by atoms with Crippen LogP contribution in [-0.4, -0.2) is 24.4 Å². The Morgan fingerprint density at radius 3 is 2.00 bits per heavy atom. The van der Waals surface area contributed by atoms with Gasteiger partial charge in [0.2, 0.25) is 0 Å². The number of aliphatic hydroxyl groups is 1. The molecule has 1 aliphatic heterocycles. The number of hydrogen-bond acceptors (Lipinski definition) is 2. The van der Waals surface area contributed by atoms with Crippen LogP contribution in [0.4, 0.5) is 0 Å². The smallest absolute Gasteiger partial charge is 0.104 e. The molecule has 1 saturated heterocycles. The van der Waals surface area contributed by atoms with E-state index in [9.17, 15) is 0 Å². The topological polar surface area (TPSA) is 32.8 Å². The zero-order valence-electron chi connectivity index (χ0n) is 10.5. The Morgan fingerprint density at radius 1 is 1.00 bits per heavy atom. The van der Waals surface area contributed by atoms with Crippen molar-refractivity contribution >= 4 is 0 Å². The summed E-state index contributed by atoms with van der Waals surface area (Å²) in [5.41, 5.74) is 3.87. The minimum Gasteiger partial charge on any atom is -0.394 e. The van der Waals surface area contributed by atoms with Crippen molar-refractivity contribution in [2.75, 3.05) is 13.2 Å². The van der Waals surface area contributed by atoms with Gasteiger partial charge < -0.3 is 9.84 Å². The van der Waals surface area contributed by atoms with E-state index in [0.29, 0.717) is 0 Å². The molecule has 18 heavy (non-hydrogen) atoms. The number of rotatable bonds is 2. The third kappa shape index (κ3) is 3.99. The molecule has 0 aromatic heterocycles. The van der Waals surface area contributed by atoms with E-state index in [1.165, 1.54) is 16.7 Å². The van der Waals surface area contributed by atoms with Crippen LogP contribution in [0.15, 0.2) is 54.6 Å². The molecule has 0 spiro atoms. The van der Waals surface area contributed by atoms with E-state index >= 15 is 0 Å². The van der Waals surface area contributed by atoms with Crippen molar-refractivity contribution < 1.29 is 9.84 Å². The highest BCUT2D eigenvalue weighted by molar-refractivity contribution is 5.63. The van der Waals surface area contributed by atoms with E-state index in [1.807, 2.05) is 6.07 Å². The van der Waals surface area contributed by atoms with Gasteiger partial charge in [0.15, 0.2) is 0 Å². The molecule has 1 atom stereocenters. The molecule has 0 radical (unpaired) electrons. The quantitative estimate of drug-likeness (QED) is 0.821. The second-order valence-electron chi connectivity index (χ2n) is 4.37. The van der Waals surface area contributed by atoms with Crippen molar-refractivity contribution in [3.8, 4) is 11.1 Å². The third-order valence-corrected chi connectivity index (χ3v) is 2.76. The van der Waals surface area contributed by atoms with Gasteiger partial charge in [-0.15, -0.1) is 0 Å². The lowest BCUT2D eigenvalue weighted by atomic mass is 10.0. The second-order valence-corrected chi connectivity index (χ2v) is 4.37. The van der Waals surface area contributed by atoms with Crippen LogP contribution >= 0.6 is 0 Å². The van der Waals surface area contributed by atoms with Crippen LogP contribution < -0.4 is 0 Å². The van der Waals surface area contributed by atoms with E-state index in [-0.39, 0.29) is 12.7 Å². The Kier molecular flexibility index (Phi) is 4.51. The predicted octanol–water partition coefficient (Wildman–Crippen LogP) is 3.04. The first-order chi connectivity index (χ1) is 8.79. The number of aryl methyl sites for hydroxylation is 1. The summed E-state index contributed by atoms with van der Waals surface area (Å²) in [4.78, 5) is 0. The Balaban J connectivity index is 0.000000202. The summed E-state index contributed by atoms with van der Waals surface area (Å²) in [6.07, 6.45) is 0.190. The maximum Gasteiger partial charge on any atom is 0.104 e. The van der Waals surface area contributed by atoms with Crippen molar-refractivity contribution in [2.45, 2.75) is 13.0 Å². The summed E-state index contributed by atoms with van der Waals surface area (Å²) in [6, 6.07) is 19.0. The lowest BCUT2D eigenvalue weighted by Gasteiger charge is -2.00. The number of epoxide rings is 1. The van der Waals surface area contributed by atoms with Gasteiger partial charge >= 0.3 is 0 Å². The van der Waals surface area contributed by atoms with Crippen LogP contribution in [0, 0.1) is 6.92 Å². The summed E-state index contributed by atoms with van der Waals surface area (Å²) < 4.78 is 4.61. The van der Waals surface area contributed by atoms with Crippen LogP contribution in [0.5, 0.6) is 0 Å². The van der Waals surface area contributed by atoms with Gasteiger partial charge in [0, 0.05) is 0 Å². The maximum atomic E-state index is 8.08. The molecule has 1 aliphatic rings. The van der Waals surface area contributed by atoms with Crippen molar-refractivity contribution in [3.05, 3.63) is 60.2 Å². The van der Waals surface area contributed by atoms with Gasteiger partial charge in [-0.1, -0.05) is 60.2 Å². The molecule has 1 unspecified atom stereocenters. The monoisotopic (exact) mass is 242 g/mol. The zero-order valence-corrected chi connectivity index (χ0v) is 10.5. The molecule has 0 aliphatic carbocycles. The Morgan fingerprint density at radius 2 is 1.56 bits per heavy atom. The van der Waals surface area contributed by atoms with Crippen LogP contribution in [0.3, 0.4) is 0 Å². The number of benzene rings is 2. The maximum absolute atomic E-state index is 8.08. The lowest BCUT2D eigenvalue weighted by molar-refractivity contribution is 0.244. The Hall–Kier alpha value is -1.64. The van der Waals surface area contributed by atoms with E-state index < -0.39 is 0 Å². The third-order valence-electron chi connectivity index (χ3n) is 2.76. The number of hydrogen-bond donors (Lipinski definition) is 1. The summed E-state index contributed by atoms with van der Waals surface area (Å²) in [7, 11) is 0. The highest BCUT2D eigenvalue weighted by Crippen LogP contribution is 2.18. The molecular weight excluding hydrogens is 224 g/mol. The lowest BCUT2D eigenvalue weighted by Crippen LogP contribution is -1.88. The van der Waals surface area contributed by atoms with Gasteiger partial charge in [0.05, 0.1) is 13.2 Å². The van der Waals surface area contributed by atoms with Crippen molar-refractivity contribution in [2.24, 2.45) is 0 Å².